The van der Waals surface area contributed by atoms with Crippen molar-refractivity contribution in [3.05, 3.63) is 46.5 Å². The van der Waals surface area contributed by atoms with Gasteiger partial charge in [-0.1, -0.05) is 6.07 Å². The number of furan rings is 1. The minimum absolute atomic E-state index is 0.159. The molecule has 2 aromatic rings. The Morgan fingerprint density at radius 1 is 1.22 bits per heavy atom. The summed E-state index contributed by atoms with van der Waals surface area (Å²) in [6.07, 6.45) is 2.25. The van der Waals surface area contributed by atoms with Crippen LogP contribution in [0.4, 0.5) is 4.79 Å². The Balaban J connectivity index is 1.58. The molecule has 3 amide bonds. The second-order valence-electron chi connectivity index (χ2n) is 4.55. The molecular weight excluding hydrogens is 320 g/mol. The van der Waals surface area contributed by atoms with E-state index < -0.39 is 24.5 Å². The maximum atomic E-state index is 11.5. The van der Waals surface area contributed by atoms with E-state index in [2.05, 4.69) is 10.6 Å². The van der Waals surface area contributed by atoms with E-state index in [1.807, 2.05) is 17.5 Å². The number of nitrogens with one attached hydrogen (secondary N) is 2. The lowest BCUT2D eigenvalue weighted by atomic mass is 10.3. The largest absolute Gasteiger partial charge is 0.467 e. The second-order valence-corrected chi connectivity index (χ2v) is 5.58. The van der Waals surface area contributed by atoms with Crippen molar-refractivity contribution in [3.8, 4) is 0 Å². The van der Waals surface area contributed by atoms with Gasteiger partial charge in [0.2, 0.25) is 0 Å². The number of imide groups is 1. The molecule has 0 bridgehead atoms. The molecule has 0 saturated carbocycles. The lowest BCUT2D eigenvalue weighted by molar-refractivity contribution is -0.148. The highest BCUT2D eigenvalue weighted by atomic mass is 32.1. The summed E-state index contributed by atoms with van der Waals surface area (Å²) < 4.78 is 9.84. The number of ether oxygens (including phenoxy) is 1. The average Bonchev–Trinajstić information content (AvgIpc) is 3.22. The summed E-state index contributed by atoms with van der Waals surface area (Å²) in [5, 5.41) is 6.43. The van der Waals surface area contributed by atoms with E-state index in [1.54, 1.807) is 23.5 Å². The molecular formula is C15H16N2O5S. The number of thiophene rings is 1. The third-order valence-corrected chi connectivity index (χ3v) is 3.71. The predicted octanol–water partition coefficient (Wildman–Crippen LogP) is 1.84. The van der Waals surface area contributed by atoms with Crippen molar-refractivity contribution in [2.45, 2.75) is 19.4 Å². The molecule has 0 aliphatic carbocycles. The third kappa shape index (κ3) is 6.35. The fourth-order valence-corrected chi connectivity index (χ4v) is 2.39. The maximum absolute atomic E-state index is 11.5. The normalized spacial score (nSPS) is 10.1. The van der Waals surface area contributed by atoms with E-state index in [0.717, 1.165) is 4.88 Å². The van der Waals surface area contributed by atoms with Gasteiger partial charge in [-0.15, -0.1) is 11.3 Å². The number of carbonyl (C=O) groups is 3. The molecule has 0 saturated heterocycles. The molecule has 2 aromatic heterocycles. The van der Waals surface area contributed by atoms with Crippen molar-refractivity contribution in [2.75, 3.05) is 6.61 Å². The van der Waals surface area contributed by atoms with Crippen LogP contribution in [0.25, 0.3) is 0 Å². The van der Waals surface area contributed by atoms with E-state index in [9.17, 15) is 14.4 Å². The molecule has 2 heterocycles. The first kappa shape index (κ1) is 16.8. The van der Waals surface area contributed by atoms with Crippen LogP contribution in [0.3, 0.4) is 0 Å². The molecule has 23 heavy (non-hydrogen) atoms. The highest BCUT2D eigenvalue weighted by molar-refractivity contribution is 7.09. The number of amides is 3. The highest BCUT2D eigenvalue weighted by Crippen LogP contribution is 2.11. The number of hydrogen-bond acceptors (Lipinski definition) is 6. The van der Waals surface area contributed by atoms with Crippen LogP contribution < -0.4 is 10.6 Å². The van der Waals surface area contributed by atoms with Crippen molar-refractivity contribution in [2.24, 2.45) is 0 Å². The minimum Gasteiger partial charge on any atom is -0.467 e. The Hall–Kier alpha value is -2.61. The number of carbonyl (C=O) groups excluding carboxylic acids is 3. The fourth-order valence-electron chi connectivity index (χ4n) is 1.69. The van der Waals surface area contributed by atoms with E-state index >= 15 is 0 Å². The zero-order valence-electron chi connectivity index (χ0n) is 12.2. The van der Waals surface area contributed by atoms with Crippen LogP contribution in [0.5, 0.6) is 0 Å². The molecule has 0 aliphatic rings. The van der Waals surface area contributed by atoms with Crippen molar-refractivity contribution in [1.82, 2.24) is 10.6 Å². The standard InChI is InChI=1S/C15H16N2O5S/c18-13(17-15(20)16-9-11-3-1-7-21-11)10-22-14(19)6-5-12-4-2-8-23-12/h1-4,7-8H,5-6,9-10H2,(H2,16,17,18,20). The van der Waals surface area contributed by atoms with Crippen LogP contribution in [-0.2, 0) is 27.3 Å². The van der Waals surface area contributed by atoms with Gasteiger partial charge in [-0.2, -0.15) is 0 Å². The quantitative estimate of drug-likeness (QED) is 0.752. The average molecular weight is 336 g/mol. The number of rotatable bonds is 7. The van der Waals surface area contributed by atoms with Crippen LogP contribution in [0, 0.1) is 0 Å². The third-order valence-electron chi connectivity index (χ3n) is 2.78. The number of esters is 1. The van der Waals surface area contributed by atoms with Gasteiger partial charge in [-0.25, -0.2) is 4.79 Å². The van der Waals surface area contributed by atoms with Crippen molar-refractivity contribution < 1.29 is 23.5 Å². The van der Waals surface area contributed by atoms with E-state index in [1.165, 1.54) is 6.26 Å². The van der Waals surface area contributed by atoms with Gasteiger partial charge in [0.05, 0.1) is 19.2 Å². The van der Waals surface area contributed by atoms with Gasteiger partial charge < -0.3 is 14.5 Å². The molecule has 0 aliphatic heterocycles. The fraction of sp³-hybridized carbons (Fsp3) is 0.267. The molecule has 0 spiro atoms. The molecule has 0 atom stereocenters. The molecule has 7 nitrogen and oxygen atoms in total. The monoisotopic (exact) mass is 336 g/mol. The highest BCUT2D eigenvalue weighted by Gasteiger charge is 2.11. The SMILES string of the molecule is O=C(COC(=O)CCc1cccs1)NC(=O)NCc1ccco1. The summed E-state index contributed by atoms with van der Waals surface area (Å²) >= 11 is 1.55. The number of urea groups is 1. The Morgan fingerprint density at radius 3 is 2.78 bits per heavy atom. The summed E-state index contributed by atoms with van der Waals surface area (Å²) in [6.45, 7) is -0.329. The van der Waals surface area contributed by atoms with Crippen molar-refractivity contribution in [1.29, 1.82) is 0 Å². The van der Waals surface area contributed by atoms with Crippen LogP contribution in [0.2, 0.25) is 0 Å². The number of aryl methyl sites for hydroxylation is 1. The van der Waals surface area contributed by atoms with Gasteiger partial charge in [0, 0.05) is 4.88 Å². The molecule has 0 unspecified atom stereocenters. The van der Waals surface area contributed by atoms with Crippen LogP contribution in [-0.4, -0.2) is 24.5 Å². The maximum Gasteiger partial charge on any atom is 0.321 e. The molecule has 8 heteroatoms. The lowest BCUT2D eigenvalue weighted by Crippen LogP contribution is -2.41. The van der Waals surface area contributed by atoms with Crippen LogP contribution >= 0.6 is 11.3 Å². The van der Waals surface area contributed by atoms with Crippen LogP contribution in [0.15, 0.2) is 40.3 Å². The van der Waals surface area contributed by atoms with Gasteiger partial charge >= 0.3 is 12.0 Å². The predicted molar refractivity (Wildman–Crippen MR) is 82.7 cm³/mol. The van der Waals surface area contributed by atoms with Gasteiger partial charge in [-0.3, -0.25) is 14.9 Å². The van der Waals surface area contributed by atoms with Gasteiger partial charge in [0.25, 0.3) is 5.91 Å². The first-order valence-electron chi connectivity index (χ1n) is 6.91. The number of hydrogen-bond donors (Lipinski definition) is 2. The molecule has 0 fully saturated rings. The molecule has 122 valence electrons. The molecule has 0 aromatic carbocycles. The Morgan fingerprint density at radius 2 is 2.09 bits per heavy atom. The summed E-state index contributed by atoms with van der Waals surface area (Å²) in [6, 6.07) is 6.53. The summed E-state index contributed by atoms with van der Waals surface area (Å²) in [5.74, 6) is -0.608. The zero-order chi connectivity index (χ0) is 16.5. The lowest BCUT2D eigenvalue weighted by Gasteiger charge is -2.06. The Kier molecular flexibility index (Phi) is 6.37. The molecule has 2 rings (SSSR count). The van der Waals surface area contributed by atoms with Crippen LogP contribution in [0.1, 0.15) is 17.1 Å². The van der Waals surface area contributed by atoms with E-state index in [4.69, 9.17) is 9.15 Å². The minimum atomic E-state index is -0.689. The zero-order valence-corrected chi connectivity index (χ0v) is 13.1. The topological polar surface area (TPSA) is 97.6 Å². The Labute approximate surface area is 136 Å². The van der Waals surface area contributed by atoms with Gasteiger partial charge in [0.15, 0.2) is 6.61 Å². The van der Waals surface area contributed by atoms with E-state index in [-0.39, 0.29) is 13.0 Å². The Bertz CT molecular complexity index is 637. The second kappa shape index (κ2) is 8.74. The van der Waals surface area contributed by atoms with Crippen molar-refractivity contribution >= 4 is 29.2 Å². The molecule has 2 N–H and O–H groups in total. The van der Waals surface area contributed by atoms with Crippen molar-refractivity contribution in [3.63, 3.8) is 0 Å². The summed E-state index contributed by atoms with van der Waals surface area (Å²) in [5.41, 5.74) is 0. The summed E-state index contributed by atoms with van der Waals surface area (Å²) in [7, 11) is 0. The van der Waals surface area contributed by atoms with Gasteiger partial charge in [-0.05, 0) is 30.0 Å². The molecule has 0 radical (unpaired) electrons. The first-order valence-corrected chi connectivity index (χ1v) is 7.79. The van der Waals surface area contributed by atoms with Gasteiger partial charge in [0.1, 0.15) is 5.76 Å². The summed E-state index contributed by atoms with van der Waals surface area (Å²) in [4.78, 5) is 35.5. The smallest absolute Gasteiger partial charge is 0.321 e. The van der Waals surface area contributed by atoms with E-state index in [0.29, 0.717) is 12.2 Å². The first-order chi connectivity index (χ1) is 11.1.